The second-order valence-electron chi connectivity index (χ2n) is 6.58. The average Bonchev–Trinajstić information content (AvgIpc) is 3.00. The predicted octanol–water partition coefficient (Wildman–Crippen LogP) is 2.63. The summed E-state index contributed by atoms with van der Waals surface area (Å²) in [7, 11) is -3.32. The fraction of sp³-hybridized carbons (Fsp3) is 0.412. The number of aromatic nitrogens is 3. The smallest absolute Gasteiger partial charge is 0.274 e. The van der Waals surface area contributed by atoms with Gasteiger partial charge in [0, 0.05) is 12.2 Å². The van der Waals surface area contributed by atoms with E-state index in [-0.39, 0.29) is 10.5 Å². The summed E-state index contributed by atoms with van der Waals surface area (Å²) in [6.07, 6.45) is 8.45. The molecule has 126 valence electrons. The Morgan fingerprint density at radius 1 is 1.17 bits per heavy atom. The summed E-state index contributed by atoms with van der Waals surface area (Å²) in [5.74, 6) is 1.18. The number of hydrogen-bond acceptors (Lipinski definition) is 4. The molecule has 1 aliphatic carbocycles. The lowest BCUT2D eigenvalue weighted by atomic mass is 9.89. The second-order valence-corrected chi connectivity index (χ2v) is 8.59. The maximum Gasteiger partial charge on any atom is 0.274 e. The molecule has 0 bridgehead atoms. The summed E-state index contributed by atoms with van der Waals surface area (Å²) in [4.78, 5) is 19.9. The van der Waals surface area contributed by atoms with Crippen LogP contribution in [0.25, 0.3) is 16.6 Å². The molecule has 1 aliphatic rings. The highest BCUT2D eigenvalue weighted by Crippen LogP contribution is 2.33. The van der Waals surface area contributed by atoms with E-state index in [2.05, 4.69) is 9.97 Å². The number of benzene rings is 1. The van der Waals surface area contributed by atoms with Crippen molar-refractivity contribution in [1.29, 1.82) is 0 Å². The van der Waals surface area contributed by atoms with Gasteiger partial charge in [0.05, 0.1) is 22.1 Å². The number of hydrogen-bond donors (Lipinski definition) is 1. The van der Waals surface area contributed by atoms with Crippen molar-refractivity contribution in [3.8, 4) is 0 Å². The van der Waals surface area contributed by atoms with E-state index in [1.165, 1.54) is 18.7 Å². The Balaban J connectivity index is 2.06. The van der Waals surface area contributed by atoms with Crippen LogP contribution in [0, 0.1) is 0 Å². The van der Waals surface area contributed by atoms with Crippen LogP contribution in [0.5, 0.6) is 0 Å². The molecule has 0 aliphatic heterocycles. The summed E-state index contributed by atoms with van der Waals surface area (Å²) in [6.45, 7) is 0. The summed E-state index contributed by atoms with van der Waals surface area (Å²) < 4.78 is 25.7. The van der Waals surface area contributed by atoms with Gasteiger partial charge in [0.2, 0.25) is 0 Å². The van der Waals surface area contributed by atoms with Gasteiger partial charge in [-0.3, -0.25) is 9.20 Å². The van der Waals surface area contributed by atoms with Crippen LogP contribution in [-0.4, -0.2) is 29.0 Å². The molecule has 0 atom stereocenters. The fourth-order valence-corrected chi connectivity index (χ4v) is 4.29. The standard InChI is InChI=1S/C17H19N3O3S/c1-24(22,23)12-7-8-13-14(9-12)20-15(17(21)19-13)10-18-16(20)11-5-3-2-4-6-11/h7-11H,2-6H2,1H3,(H,19,21). The van der Waals surface area contributed by atoms with E-state index < -0.39 is 9.84 Å². The molecule has 7 heteroatoms. The molecule has 0 radical (unpaired) electrons. The number of imidazole rings is 1. The molecule has 1 aromatic carbocycles. The van der Waals surface area contributed by atoms with Gasteiger partial charge < -0.3 is 4.98 Å². The number of rotatable bonds is 2. The van der Waals surface area contributed by atoms with Crippen molar-refractivity contribution in [3.63, 3.8) is 0 Å². The van der Waals surface area contributed by atoms with Crippen LogP contribution in [0.4, 0.5) is 0 Å². The van der Waals surface area contributed by atoms with E-state index in [1.807, 2.05) is 4.40 Å². The number of nitrogens with one attached hydrogen (secondary N) is 1. The van der Waals surface area contributed by atoms with Crippen molar-refractivity contribution < 1.29 is 8.42 Å². The highest BCUT2D eigenvalue weighted by molar-refractivity contribution is 7.90. The van der Waals surface area contributed by atoms with E-state index in [4.69, 9.17) is 0 Å². The van der Waals surface area contributed by atoms with Gasteiger partial charge in [-0.2, -0.15) is 0 Å². The second kappa shape index (κ2) is 5.44. The number of fused-ring (bicyclic) bond motifs is 3. The molecule has 1 saturated carbocycles. The van der Waals surface area contributed by atoms with Crippen LogP contribution in [0.2, 0.25) is 0 Å². The first kappa shape index (κ1) is 15.4. The maximum absolute atomic E-state index is 12.3. The van der Waals surface area contributed by atoms with E-state index >= 15 is 0 Å². The van der Waals surface area contributed by atoms with Crippen LogP contribution in [0.1, 0.15) is 43.8 Å². The Labute approximate surface area is 139 Å². The predicted molar refractivity (Wildman–Crippen MR) is 92.3 cm³/mol. The highest BCUT2D eigenvalue weighted by atomic mass is 32.2. The normalized spacial score (nSPS) is 16.9. The molecule has 3 aromatic rings. The summed E-state index contributed by atoms with van der Waals surface area (Å²) in [5, 5.41) is 0. The van der Waals surface area contributed by atoms with Gasteiger partial charge in [0.25, 0.3) is 5.56 Å². The molecule has 0 spiro atoms. The zero-order valence-electron chi connectivity index (χ0n) is 13.4. The number of sulfone groups is 1. The van der Waals surface area contributed by atoms with Crippen molar-refractivity contribution in [1.82, 2.24) is 14.4 Å². The molecule has 1 N–H and O–H groups in total. The minimum absolute atomic E-state index is 0.204. The number of H-pyrrole nitrogens is 1. The molecule has 2 heterocycles. The molecule has 0 saturated heterocycles. The first-order chi connectivity index (χ1) is 11.4. The SMILES string of the molecule is CS(=O)(=O)c1ccc2[nH]c(=O)c3cnc(C4CCCCC4)n3c2c1. The Morgan fingerprint density at radius 2 is 1.92 bits per heavy atom. The number of aromatic amines is 1. The van der Waals surface area contributed by atoms with E-state index in [0.29, 0.717) is 22.5 Å². The van der Waals surface area contributed by atoms with Gasteiger partial charge in [0.1, 0.15) is 11.3 Å². The van der Waals surface area contributed by atoms with Gasteiger partial charge in [-0.25, -0.2) is 13.4 Å². The van der Waals surface area contributed by atoms with Crippen molar-refractivity contribution in [3.05, 3.63) is 40.6 Å². The van der Waals surface area contributed by atoms with E-state index in [0.717, 1.165) is 31.5 Å². The minimum Gasteiger partial charge on any atom is -0.319 e. The molecular formula is C17H19N3O3S. The third-order valence-corrected chi connectivity index (χ3v) is 5.99. The third kappa shape index (κ3) is 2.43. The van der Waals surface area contributed by atoms with Crippen LogP contribution < -0.4 is 5.56 Å². The van der Waals surface area contributed by atoms with Gasteiger partial charge in [-0.15, -0.1) is 0 Å². The highest BCUT2D eigenvalue weighted by Gasteiger charge is 2.22. The topological polar surface area (TPSA) is 84.3 Å². The number of nitrogens with zero attached hydrogens (tertiary/aromatic N) is 2. The zero-order chi connectivity index (χ0) is 16.9. The lowest BCUT2D eigenvalue weighted by Gasteiger charge is -2.21. The lowest BCUT2D eigenvalue weighted by Crippen LogP contribution is -2.14. The molecule has 2 aromatic heterocycles. The zero-order valence-corrected chi connectivity index (χ0v) is 14.3. The quantitative estimate of drug-likeness (QED) is 0.774. The van der Waals surface area contributed by atoms with Crippen LogP contribution in [0.15, 0.2) is 34.1 Å². The van der Waals surface area contributed by atoms with Crippen LogP contribution in [-0.2, 0) is 9.84 Å². The van der Waals surface area contributed by atoms with Crippen molar-refractivity contribution in [2.45, 2.75) is 42.9 Å². The monoisotopic (exact) mass is 345 g/mol. The van der Waals surface area contributed by atoms with Crippen molar-refractivity contribution >= 4 is 26.4 Å². The van der Waals surface area contributed by atoms with Gasteiger partial charge >= 0.3 is 0 Å². The Morgan fingerprint density at radius 3 is 2.62 bits per heavy atom. The van der Waals surface area contributed by atoms with Gasteiger partial charge in [0.15, 0.2) is 9.84 Å². The summed E-state index contributed by atoms with van der Waals surface area (Å²) in [6, 6.07) is 4.80. The third-order valence-electron chi connectivity index (χ3n) is 4.88. The van der Waals surface area contributed by atoms with Gasteiger partial charge in [-0.1, -0.05) is 19.3 Å². The molecule has 6 nitrogen and oxygen atoms in total. The Bertz CT molecular complexity index is 1090. The minimum atomic E-state index is -3.32. The largest absolute Gasteiger partial charge is 0.319 e. The lowest BCUT2D eigenvalue weighted by molar-refractivity contribution is 0.428. The average molecular weight is 345 g/mol. The Kier molecular flexibility index (Phi) is 3.49. The fourth-order valence-electron chi connectivity index (χ4n) is 3.65. The van der Waals surface area contributed by atoms with E-state index in [9.17, 15) is 13.2 Å². The molecular weight excluding hydrogens is 326 g/mol. The maximum atomic E-state index is 12.3. The first-order valence-electron chi connectivity index (χ1n) is 8.18. The van der Waals surface area contributed by atoms with Crippen molar-refractivity contribution in [2.24, 2.45) is 0 Å². The molecule has 0 amide bonds. The Hall–Kier alpha value is -2.15. The van der Waals surface area contributed by atoms with Crippen LogP contribution >= 0.6 is 0 Å². The molecule has 1 fully saturated rings. The first-order valence-corrected chi connectivity index (χ1v) is 10.1. The van der Waals surface area contributed by atoms with Gasteiger partial charge in [-0.05, 0) is 31.0 Å². The molecule has 24 heavy (non-hydrogen) atoms. The van der Waals surface area contributed by atoms with Crippen molar-refractivity contribution in [2.75, 3.05) is 6.26 Å². The van der Waals surface area contributed by atoms with Crippen LogP contribution in [0.3, 0.4) is 0 Å². The summed E-state index contributed by atoms with van der Waals surface area (Å²) in [5.41, 5.74) is 1.57. The van der Waals surface area contributed by atoms with E-state index in [1.54, 1.807) is 18.3 Å². The molecule has 0 unspecified atom stereocenters. The molecule has 4 rings (SSSR count). The summed E-state index contributed by atoms with van der Waals surface area (Å²) >= 11 is 0.